The van der Waals surface area contributed by atoms with Crippen molar-refractivity contribution in [3.63, 3.8) is 0 Å². The summed E-state index contributed by atoms with van der Waals surface area (Å²) >= 11 is 1.33. The molecule has 3 rings (SSSR count). The van der Waals surface area contributed by atoms with Crippen molar-refractivity contribution in [2.45, 2.75) is 32.2 Å². The minimum absolute atomic E-state index is 0.00367. The van der Waals surface area contributed by atoms with Crippen molar-refractivity contribution in [2.75, 3.05) is 6.61 Å². The summed E-state index contributed by atoms with van der Waals surface area (Å²) in [5, 5.41) is 10.8. The average molecular weight is 452 g/mol. The lowest BCUT2D eigenvalue weighted by molar-refractivity contribution is -0.150. The molecule has 1 N–H and O–H groups in total. The summed E-state index contributed by atoms with van der Waals surface area (Å²) in [6, 6.07) is 9.50. The van der Waals surface area contributed by atoms with Crippen molar-refractivity contribution in [1.29, 1.82) is 0 Å². The van der Waals surface area contributed by atoms with Gasteiger partial charge in [-0.1, -0.05) is 12.1 Å². The van der Waals surface area contributed by atoms with Crippen LogP contribution in [0.15, 0.2) is 48.0 Å². The number of alkyl halides is 3. The summed E-state index contributed by atoms with van der Waals surface area (Å²) < 4.78 is 49.4. The highest BCUT2D eigenvalue weighted by Crippen LogP contribution is 2.30. The zero-order valence-corrected chi connectivity index (χ0v) is 17.2. The number of halogens is 3. The van der Waals surface area contributed by atoms with Crippen LogP contribution >= 0.6 is 11.3 Å². The number of hydrogen-bond donors (Lipinski definition) is 1. The molecule has 0 aliphatic rings. The summed E-state index contributed by atoms with van der Waals surface area (Å²) in [5.41, 5.74) is 0.296. The van der Waals surface area contributed by atoms with Gasteiger partial charge in [0.2, 0.25) is 0 Å². The van der Waals surface area contributed by atoms with Gasteiger partial charge in [-0.2, -0.15) is 13.2 Å². The van der Waals surface area contributed by atoms with Crippen LogP contribution in [0.5, 0.6) is 5.75 Å². The summed E-state index contributed by atoms with van der Waals surface area (Å²) in [4.78, 5) is 19.5. The molecule has 0 saturated carbocycles. The molecule has 1 aromatic carbocycles. The van der Waals surface area contributed by atoms with E-state index in [1.807, 2.05) is 0 Å². The van der Waals surface area contributed by atoms with Gasteiger partial charge in [0, 0.05) is 35.0 Å². The van der Waals surface area contributed by atoms with Gasteiger partial charge in [-0.05, 0) is 36.8 Å². The van der Waals surface area contributed by atoms with Crippen LogP contribution in [0.2, 0.25) is 0 Å². The van der Waals surface area contributed by atoms with Gasteiger partial charge in [0.05, 0.1) is 0 Å². The van der Waals surface area contributed by atoms with Gasteiger partial charge in [-0.3, -0.25) is 0 Å². The molecule has 0 aliphatic carbocycles. The van der Waals surface area contributed by atoms with Crippen LogP contribution in [0.4, 0.5) is 13.2 Å². The van der Waals surface area contributed by atoms with Crippen molar-refractivity contribution < 1.29 is 32.5 Å². The highest BCUT2D eigenvalue weighted by atomic mass is 32.1. The Kier molecular flexibility index (Phi) is 7.24. The summed E-state index contributed by atoms with van der Waals surface area (Å²) in [6.45, 7) is 2.27. The maximum Gasteiger partial charge on any atom is 0.433 e. The molecule has 2 aromatic heterocycles. The van der Waals surface area contributed by atoms with Gasteiger partial charge in [0.1, 0.15) is 18.1 Å². The van der Waals surface area contributed by atoms with Crippen molar-refractivity contribution in [2.24, 2.45) is 0 Å². The molecule has 0 spiro atoms. The van der Waals surface area contributed by atoms with E-state index in [9.17, 15) is 18.0 Å². The SMILES string of the molecule is CCOC(Cc1ccc(OCc2cc(-c3nccc(C(F)(F)F)n3)cs2)cc1)C(=O)O. The zero-order valence-electron chi connectivity index (χ0n) is 16.4. The normalized spacial score (nSPS) is 12.5. The Balaban J connectivity index is 1.60. The second-order valence-corrected chi connectivity index (χ2v) is 7.48. The van der Waals surface area contributed by atoms with E-state index in [-0.39, 0.29) is 18.9 Å². The van der Waals surface area contributed by atoms with Crippen LogP contribution in [-0.4, -0.2) is 33.8 Å². The predicted octanol–water partition coefficient (Wildman–Crippen LogP) is 4.84. The number of ether oxygens (including phenoxy) is 2. The molecule has 0 radical (unpaired) electrons. The van der Waals surface area contributed by atoms with Crippen LogP contribution in [-0.2, 0) is 28.7 Å². The fourth-order valence-electron chi connectivity index (χ4n) is 2.74. The number of carbonyl (C=O) groups is 1. The molecule has 0 bridgehead atoms. The third-order valence-electron chi connectivity index (χ3n) is 4.23. The largest absolute Gasteiger partial charge is 0.488 e. The molecule has 10 heteroatoms. The highest BCUT2D eigenvalue weighted by Gasteiger charge is 2.32. The second-order valence-electron chi connectivity index (χ2n) is 6.48. The van der Waals surface area contributed by atoms with Crippen molar-refractivity contribution in [3.8, 4) is 17.1 Å². The molecule has 0 saturated heterocycles. The molecular weight excluding hydrogens is 433 g/mol. The van der Waals surface area contributed by atoms with E-state index in [0.29, 0.717) is 17.9 Å². The van der Waals surface area contributed by atoms with Gasteiger partial charge in [0.25, 0.3) is 0 Å². The summed E-state index contributed by atoms with van der Waals surface area (Å²) in [7, 11) is 0. The monoisotopic (exact) mass is 452 g/mol. The first-order valence-electron chi connectivity index (χ1n) is 9.30. The fourth-order valence-corrected chi connectivity index (χ4v) is 3.51. The van der Waals surface area contributed by atoms with E-state index < -0.39 is 23.9 Å². The molecule has 6 nitrogen and oxygen atoms in total. The number of rotatable bonds is 9. The van der Waals surface area contributed by atoms with Gasteiger partial charge in [-0.25, -0.2) is 14.8 Å². The summed E-state index contributed by atoms with van der Waals surface area (Å²) in [5.74, 6) is -0.429. The minimum atomic E-state index is -4.53. The smallest absolute Gasteiger partial charge is 0.433 e. The number of aliphatic carboxylic acids is 1. The maximum absolute atomic E-state index is 12.8. The van der Waals surface area contributed by atoms with E-state index in [4.69, 9.17) is 14.6 Å². The van der Waals surface area contributed by atoms with Crippen molar-refractivity contribution in [1.82, 2.24) is 9.97 Å². The van der Waals surface area contributed by atoms with Crippen LogP contribution in [0.3, 0.4) is 0 Å². The topological polar surface area (TPSA) is 81.5 Å². The highest BCUT2D eigenvalue weighted by molar-refractivity contribution is 7.10. The molecule has 0 aliphatic heterocycles. The number of carboxylic acid groups (broad SMARTS) is 1. The lowest BCUT2D eigenvalue weighted by Crippen LogP contribution is -2.26. The van der Waals surface area contributed by atoms with Gasteiger partial charge in [-0.15, -0.1) is 11.3 Å². The van der Waals surface area contributed by atoms with Crippen LogP contribution in [0, 0.1) is 0 Å². The molecule has 164 valence electrons. The van der Waals surface area contributed by atoms with Crippen LogP contribution in [0.1, 0.15) is 23.1 Å². The lowest BCUT2D eigenvalue weighted by atomic mass is 10.1. The van der Waals surface area contributed by atoms with Crippen LogP contribution in [0.25, 0.3) is 11.4 Å². The Labute approximate surface area is 180 Å². The van der Waals surface area contributed by atoms with Gasteiger partial charge in [0.15, 0.2) is 11.9 Å². The Morgan fingerprint density at radius 2 is 1.97 bits per heavy atom. The van der Waals surface area contributed by atoms with Crippen molar-refractivity contribution in [3.05, 3.63) is 64.1 Å². The van der Waals surface area contributed by atoms with Gasteiger partial charge >= 0.3 is 12.1 Å². The van der Waals surface area contributed by atoms with E-state index >= 15 is 0 Å². The van der Waals surface area contributed by atoms with Crippen LogP contribution < -0.4 is 4.74 Å². The maximum atomic E-state index is 12.8. The Morgan fingerprint density at radius 1 is 1.23 bits per heavy atom. The Hall–Kier alpha value is -2.98. The molecule has 2 heterocycles. The first kappa shape index (κ1) is 22.7. The van der Waals surface area contributed by atoms with E-state index in [2.05, 4.69) is 9.97 Å². The number of hydrogen-bond acceptors (Lipinski definition) is 6. The molecule has 3 aromatic rings. The standard InChI is InChI=1S/C21H19F3N2O4S/c1-2-29-17(20(27)28)9-13-3-5-15(6-4-13)30-11-16-10-14(12-31-16)19-25-8-7-18(26-19)21(22,23)24/h3-8,10,12,17H,2,9,11H2,1H3,(H,27,28). The molecule has 0 fully saturated rings. The Morgan fingerprint density at radius 3 is 2.61 bits per heavy atom. The minimum Gasteiger partial charge on any atom is -0.488 e. The molecular formula is C21H19F3N2O4S. The molecule has 1 unspecified atom stereocenters. The second kappa shape index (κ2) is 9.88. The van der Waals surface area contributed by atoms with E-state index in [0.717, 1.165) is 22.7 Å². The first-order chi connectivity index (χ1) is 14.8. The number of aromatic nitrogens is 2. The van der Waals surface area contributed by atoms with Crippen molar-refractivity contribution >= 4 is 17.3 Å². The number of carboxylic acids is 1. The molecule has 0 amide bonds. The van der Waals surface area contributed by atoms with E-state index in [1.165, 1.54) is 11.3 Å². The first-order valence-corrected chi connectivity index (χ1v) is 10.2. The van der Waals surface area contributed by atoms with Gasteiger partial charge < -0.3 is 14.6 Å². The lowest BCUT2D eigenvalue weighted by Gasteiger charge is -2.12. The molecule has 1 atom stereocenters. The predicted molar refractivity (Wildman–Crippen MR) is 108 cm³/mol. The Bertz CT molecular complexity index is 1020. The number of nitrogens with zero attached hydrogens (tertiary/aromatic N) is 2. The average Bonchev–Trinajstić information content (AvgIpc) is 3.21. The zero-order chi connectivity index (χ0) is 22.4. The fraction of sp³-hybridized carbons (Fsp3) is 0.286. The third-order valence-corrected chi connectivity index (χ3v) is 5.14. The number of benzene rings is 1. The third kappa shape index (κ3) is 6.25. The number of thiophene rings is 1. The molecule has 31 heavy (non-hydrogen) atoms. The summed E-state index contributed by atoms with van der Waals surface area (Å²) in [6.07, 6.45) is -4.10. The quantitative estimate of drug-likeness (QED) is 0.501. The van der Waals surface area contributed by atoms with E-state index in [1.54, 1.807) is 42.6 Å².